The highest BCUT2D eigenvalue weighted by molar-refractivity contribution is 6.30. The van der Waals surface area contributed by atoms with Crippen molar-refractivity contribution in [3.05, 3.63) is 41.2 Å². The minimum absolute atomic E-state index is 0.113. The number of rotatable bonds is 7. The van der Waals surface area contributed by atoms with Crippen LogP contribution < -0.4 is 16.8 Å². The largest absolute Gasteiger partial charge is 0.450 e. The standard InChI is InChI=1S/C18H22ClN7O2/c1-11(12-4-6-13(19)7-5-12)23-18(27)28-9-3-2-8-26-10-22-14-15(20)24-17(21)25-16(14)26/h4-7,10-11H,2-3,8-9H2,1H3,(H,23,27)(H4,20,21,24,25)/t11-/m1/s1. The van der Waals surface area contributed by atoms with Gasteiger partial charge >= 0.3 is 6.09 Å². The Kier molecular flexibility index (Phi) is 6.15. The highest BCUT2D eigenvalue weighted by atomic mass is 35.5. The van der Waals surface area contributed by atoms with Crippen LogP contribution in [0.2, 0.25) is 5.02 Å². The third-order valence-electron chi connectivity index (χ3n) is 4.24. The van der Waals surface area contributed by atoms with Gasteiger partial charge in [0.15, 0.2) is 11.5 Å². The Balaban J connectivity index is 1.41. The number of aromatic nitrogens is 4. The van der Waals surface area contributed by atoms with E-state index in [1.165, 1.54) is 0 Å². The number of amides is 1. The molecule has 2 aromatic heterocycles. The Morgan fingerprint density at radius 2 is 2.00 bits per heavy atom. The molecule has 28 heavy (non-hydrogen) atoms. The number of carbonyl (C=O) groups is 1. The summed E-state index contributed by atoms with van der Waals surface area (Å²) in [5, 5.41) is 3.45. The maximum Gasteiger partial charge on any atom is 0.407 e. The van der Waals surface area contributed by atoms with Gasteiger partial charge in [0.2, 0.25) is 5.95 Å². The van der Waals surface area contributed by atoms with Gasteiger partial charge in [-0.15, -0.1) is 0 Å². The van der Waals surface area contributed by atoms with E-state index in [1.54, 1.807) is 18.5 Å². The van der Waals surface area contributed by atoms with Crippen LogP contribution in [0.25, 0.3) is 11.2 Å². The maximum absolute atomic E-state index is 11.9. The number of hydrogen-bond donors (Lipinski definition) is 3. The number of ether oxygens (including phenoxy) is 1. The quantitative estimate of drug-likeness (QED) is 0.516. The molecule has 0 saturated carbocycles. The van der Waals surface area contributed by atoms with Crippen molar-refractivity contribution in [1.82, 2.24) is 24.8 Å². The van der Waals surface area contributed by atoms with E-state index in [2.05, 4.69) is 20.3 Å². The summed E-state index contributed by atoms with van der Waals surface area (Å²) in [6.45, 7) is 2.84. The van der Waals surface area contributed by atoms with Gasteiger partial charge in [0.05, 0.1) is 19.0 Å². The fourth-order valence-corrected chi connectivity index (χ4v) is 2.88. The van der Waals surface area contributed by atoms with Crippen LogP contribution in [0.4, 0.5) is 16.6 Å². The number of imidazole rings is 1. The maximum atomic E-state index is 11.9. The number of nitrogen functional groups attached to an aromatic ring is 2. The first-order valence-corrected chi connectivity index (χ1v) is 9.24. The predicted octanol–water partition coefficient (Wildman–Crippen LogP) is 2.91. The third kappa shape index (κ3) is 4.80. The molecule has 148 valence electrons. The number of nitrogens with one attached hydrogen (secondary N) is 1. The highest BCUT2D eigenvalue weighted by Gasteiger charge is 2.11. The topological polar surface area (TPSA) is 134 Å². The Bertz CT molecular complexity index is 958. The van der Waals surface area contributed by atoms with Crippen LogP contribution >= 0.6 is 11.6 Å². The van der Waals surface area contributed by atoms with Gasteiger partial charge in [0.1, 0.15) is 5.52 Å². The predicted molar refractivity (Wildman–Crippen MR) is 108 cm³/mol. The first-order valence-electron chi connectivity index (χ1n) is 8.86. The molecule has 3 aromatic rings. The van der Waals surface area contributed by atoms with E-state index < -0.39 is 6.09 Å². The highest BCUT2D eigenvalue weighted by Crippen LogP contribution is 2.18. The molecule has 3 rings (SSSR count). The first kappa shape index (κ1) is 19.7. The zero-order chi connectivity index (χ0) is 20.1. The summed E-state index contributed by atoms with van der Waals surface area (Å²) in [7, 11) is 0. The molecule has 0 bridgehead atoms. The van der Waals surface area contributed by atoms with Crippen molar-refractivity contribution in [2.24, 2.45) is 0 Å². The second-order valence-corrected chi connectivity index (χ2v) is 6.77. The van der Waals surface area contributed by atoms with Crippen molar-refractivity contribution < 1.29 is 9.53 Å². The molecule has 1 atom stereocenters. The smallest absolute Gasteiger partial charge is 0.407 e. The van der Waals surface area contributed by atoms with Crippen LogP contribution in [0.5, 0.6) is 0 Å². The van der Waals surface area contributed by atoms with Gasteiger partial charge in [-0.25, -0.2) is 9.78 Å². The summed E-state index contributed by atoms with van der Waals surface area (Å²) >= 11 is 5.87. The molecule has 5 N–H and O–H groups in total. The van der Waals surface area contributed by atoms with Gasteiger partial charge in [-0.3, -0.25) is 0 Å². The third-order valence-corrected chi connectivity index (χ3v) is 4.49. The van der Waals surface area contributed by atoms with Gasteiger partial charge < -0.3 is 26.1 Å². The Labute approximate surface area is 167 Å². The van der Waals surface area contributed by atoms with Gasteiger partial charge in [-0.2, -0.15) is 9.97 Å². The number of anilines is 2. The van der Waals surface area contributed by atoms with Crippen molar-refractivity contribution in [3.8, 4) is 0 Å². The van der Waals surface area contributed by atoms with E-state index in [0.717, 1.165) is 12.0 Å². The van der Waals surface area contributed by atoms with Gasteiger partial charge in [-0.1, -0.05) is 23.7 Å². The number of alkyl carbamates (subject to hydrolysis) is 1. The fraction of sp³-hybridized carbons (Fsp3) is 0.333. The Morgan fingerprint density at radius 3 is 2.75 bits per heavy atom. The monoisotopic (exact) mass is 403 g/mol. The summed E-state index contributed by atoms with van der Waals surface area (Å²) in [5.74, 6) is 0.373. The number of nitrogens with zero attached hydrogens (tertiary/aromatic N) is 4. The molecular formula is C18H22ClN7O2. The molecule has 9 nitrogen and oxygen atoms in total. The molecule has 0 radical (unpaired) electrons. The SMILES string of the molecule is C[C@@H](NC(=O)OCCCCn1cnc2c(N)nc(N)nc21)c1ccc(Cl)cc1. The number of benzene rings is 1. The summed E-state index contributed by atoms with van der Waals surface area (Å²) in [5.41, 5.74) is 13.5. The van der Waals surface area contributed by atoms with Crippen molar-refractivity contribution in [1.29, 1.82) is 0 Å². The summed E-state index contributed by atoms with van der Waals surface area (Å²) in [6, 6.07) is 7.13. The van der Waals surface area contributed by atoms with Crippen molar-refractivity contribution in [2.45, 2.75) is 32.4 Å². The zero-order valence-corrected chi connectivity index (χ0v) is 16.2. The second-order valence-electron chi connectivity index (χ2n) is 6.34. The lowest BCUT2D eigenvalue weighted by Gasteiger charge is -2.14. The molecule has 0 spiro atoms. The molecule has 0 unspecified atom stereocenters. The van der Waals surface area contributed by atoms with E-state index >= 15 is 0 Å². The van der Waals surface area contributed by atoms with Crippen LogP contribution in [-0.4, -0.2) is 32.2 Å². The lowest BCUT2D eigenvalue weighted by atomic mass is 10.1. The normalized spacial score (nSPS) is 12.1. The second kappa shape index (κ2) is 8.75. The number of unbranched alkanes of at least 4 members (excludes halogenated alkanes) is 1. The van der Waals surface area contributed by atoms with Gasteiger partial charge in [-0.05, 0) is 37.5 Å². The minimum atomic E-state index is -0.455. The lowest BCUT2D eigenvalue weighted by molar-refractivity contribution is 0.140. The first-order chi connectivity index (χ1) is 13.4. The van der Waals surface area contributed by atoms with Crippen LogP contribution in [0, 0.1) is 0 Å². The average molecular weight is 404 g/mol. The van der Waals surface area contributed by atoms with Crippen molar-refractivity contribution in [2.75, 3.05) is 18.1 Å². The Morgan fingerprint density at radius 1 is 1.25 bits per heavy atom. The number of aryl methyl sites for hydroxylation is 1. The van der Waals surface area contributed by atoms with E-state index in [9.17, 15) is 4.79 Å². The average Bonchev–Trinajstić information content (AvgIpc) is 3.05. The molecule has 0 saturated heterocycles. The molecule has 10 heteroatoms. The van der Waals surface area contributed by atoms with Crippen LogP contribution in [0.15, 0.2) is 30.6 Å². The van der Waals surface area contributed by atoms with Crippen LogP contribution in [0.1, 0.15) is 31.4 Å². The van der Waals surface area contributed by atoms with Crippen molar-refractivity contribution >= 4 is 40.6 Å². The van der Waals surface area contributed by atoms with Gasteiger partial charge in [0.25, 0.3) is 0 Å². The molecule has 1 aromatic carbocycles. The number of nitrogens with two attached hydrogens (primary N) is 2. The van der Waals surface area contributed by atoms with E-state index in [1.807, 2.05) is 23.6 Å². The summed E-state index contributed by atoms with van der Waals surface area (Å²) in [6.07, 6.45) is 2.66. The number of hydrogen-bond acceptors (Lipinski definition) is 7. The van der Waals surface area contributed by atoms with Crippen LogP contribution in [-0.2, 0) is 11.3 Å². The fourth-order valence-electron chi connectivity index (χ4n) is 2.75. The number of halogens is 1. The number of carbonyl (C=O) groups excluding carboxylic acids is 1. The van der Waals surface area contributed by atoms with E-state index in [0.29, 0.717) is 35.8 Å². The number of fused-ring (bicyclic) bond motifs is 1. The Hall–Kier alpha value is -3.07. The van der Waals surface area contributed by atoms with Crippen molar-refractivity contribution in [3.63, 3.8) is 0 Å². The summed E-state index contributed by atoms with van der Waals surface area (Å²) < 4.78 is 7.09. The molecule has 1 amide bonds. The molecule has 0 aliphatic rings. The molecular weight excluding hydrogens is 382 g/mol. The molecule has 0 fully saturated rings. The van der Waals surface area contributed by atoms with E-state index in [4.69, 9.17) is 27.8 Å². The lowest BCUT2D eigenvalue weighted by Crippen LogP contribution is -2.27. The zero-order valence-electron chi connectivity index (χ0n) is 15.4. The molecule has 0 aliphatic heterocycles. The summed E-state index contributed by atoms with van der Waals surface area (Å²) in [4.78, 5) is 24.2. The minimum Gasteiger partial charge on any atom is -0.450 e. The van der Waals surface area contributed by atoms with Crippen LogP contribution in [0.3, 0.4) is 0 Å². The molecule has 0 aliphatic carbocycles. The van der Waals surface area contributed by atoms with E-state index in [-0.39, 0.29) is 17.8 Å². The van der Waals surface area contributed by atoms with Gasteiger partial charge in [0, 0.05) is 11.6 Å². The molecule has 2 heterocycles.